The highest BCUT2D eigenvalue weighted by molar-refractivity contribution is 7.92. The fourth-order valence-electron chi connectivity index (χ4n) is 2.81. The Kier molecular flexibility index (Phi) is 7.68. The number of rotatable bonds is 7. The van der Waals surface area contributed by atoms with Crippen LogP contribution in [0.2, 0.25) is 0 Å². The maximum atomic E-state index is 12.8. The minimum absolute atomic E-state index is 0.160. The number of alkyl halides is 3. The fourth-order valence-corrected chi connectivity index (χ4v) is 3.61. The van der Waals surface area contributed by atoms with E-state index in [1.807, 2.05) is 0 Å². The molecule has 0 spiro atoms. The van der Waals surface area contributed by atoms with Gasteiger partial charge in [0, 0.05) is 31.1 Å². The number of sulfone groups is 1. The molecule has 36 heavy (non-hydrogen) atoms. The highest BCUT2D eigenvalue weighted by Crippen LogP contribution is 2.31. The van der Waals surface area contributed by atoms with Gasteiger partial charge in [0.2, 0.25) is 0 Å². The Bertz CT molecular complexity index is 1400. The third kappa shape index (κ3) is 6.21. The molecule has 0 aliphatic heterocycles. The number of aryl methyl sites for hydroxylation is 1. The topological polar surface area (TPSA) is 139 Å². The maximum absolute atomic E-state index is 12.8. The normalized spacial score (nSPS) is 11.4. The van der Waals surface area contributed by atoms with Crippen LogP contribution in [0, 0.1) is 6.92 Å². The van der Waals surface area contributed by atoms with Crippen molar-refractivity contribution in [2.24, 2.45) is 0 Å². The van der Waals surface area contributed by atoms with Crippen LogP contribution in [0.25, 0.3) is 0 Å². The minimum atomic E-state index is -5.56. The zero-order valence-electron chi connectivity index (χ0n) is 18.8. The van der Waals surface area contributed by atoms with Crippen LogP contribution < -0.4 is 26.2 Å². The molecule has 190 valence electrons. The molecule has 2 aromatic carbocycles. The Labute approximate surface area is 203 Å². The number of ether oxygens (including phenoxy) is 1. The van der Waals surface area contributed by atoms with Crippen LogP contribution in [0.15, 0.2) is 65.7 Å². The summed E-state index contributed by atoms with van der Waals surface area (Å²) in [5.41, 5.74) is 0.546. The summed E-state index contributed by atoms with van der Waals surface area (Å²) >= 11 is 0. The molecule has 14 heteroatoms. The number of urea groups is 1. The smallest absolute Gasteiger partial charge is 0.457 e. The molecule has 4 N–H and O–H groups in total. The Balaban J connectivity index is 1.66. The number of carbonyl (C=O) groups is 2. The van der Waals surface area contributed by atoms with Crippen molar-refractivity contribution in [1.29, 1.82) is 0 Å². The molecular weight excluding hydrogens is 503 g/mol. The lowest BCUT2D eigenvalue weighted by Gasteiger charge is -2.14. The van der Waals surface area contributed by atoms with E-state index in [1.54, 1.807) is 31.2 Å². The predicted molar refractivity (Wildman–Crippen MR) is 124 cm³/mol. The van der Waals surface area contributed by atoms with E-state index in [1.165, 1.54) is 25.4 Å². The van der Waals surface area contributed by atoms with Crippen LogP contribution in [0.5, 0.6) is 11.5 Å². The van der Waals surface area contributed by atoms with Crippen molar-refractivity contribution in [3.8, 4) is 11.5 Å². The van der Waals surface area contributed by atoms with Gasteiger partial charge in [0.25, 0.3) is 15.7 Å². The molecule has 0 radical (unpaired) electrons. The van der Waals surface area contributed by atoms with Crippen molar-refractivity contribution in [2.45, 2.75) is 17.3 Å². The average molecular weight is 523 g/mol. The van der Waals surface area contributed by atoms with E-state index in [9.17, 15) is 31.2 Å². The second-order valence-corrected chi connectivity index (χ2v) is 9.16. The summed E-state index contributed by atoms with van der Waals surface area (Å²) in [5.74, 6) is 0.369. The molecule has 1 aromatic heterocycles. The van der Waals surface area contributed by atoms with Gasteiger partial charge in [-0.2, -0.15) is 13.2 Å². The van der Waals surface area contributed by atoms with Gasteiger partial charge in [-0.3, -0.25) is 20.6 Å². The molecule has 0 unspecified atom stereocenters. The van der Waals surface area contributed by atoms with E-state index in [0.717, 1.165) is 17.7 Å². The molecule has 0 bridgehead atoms. The molecule has 3 amide bonds. The number of amides is 3. The zero-order valence-corrected chi connectivity index (χ0v) is 19.6. The zero-order chi connectivity index (χ0) is 26.5. The van der Waals surface area contributed by atoms with Gasteiger partial charge in [-0.15, -0.1) is 0 Å². The van der Waals surface area contributed by atoms with Crippen LogP contribution in [-0.4, -0.2) is 37.9 Å². The molecular formula is C22H20F3N5O5S. The molecule has 0 fully saturated rings. The fraction of sp³-hybridized carbons (Fsp3) is 0.136. The van der Waals surface area contributed by atoms with Gasteiger partial charge in [0.05, 0.1) is 10.6 Å². The number of hydrazine groups is 1. The number of aromatic nitrogens is 1. The van der Waals surface area contributed by atoms with E-state index >= 15 is 0 Å². The number of carbonyl (C=O) groups excluding carboxylic acids is 2. The Morgan fingerprint density at radius 2 is 1.75 bits per heavy atom. The van der Waals surface area contributed by atoms with Crippen molar-refractivity contribution in [3.05, 3.63) is 72.1 Å². The molecule has 0 atom stereocenters. The van der Waals surface area contributed by atoms with Gasteiger partial charge in [-0.1, -0.05) is 12.1 Å². The van der Waals surface area contributed by atoms with Crippen LogP contribution in [-0.2, 0) is 9.84 Å². The number of anilines is 2. The monoisotopic (exact) mass is 523 g/mol. The van der Waals surface area contributed by atoms with Crippen molar-refractivity contribution in [2.75, 3.05) is 17.8 Å². The number of nitrogens with one attached hydrogen (secondary N) is 4. The van der Waals surface area contributed by atoms with E-state index in [0.29, 0.717) is 23.3 Å². The number of pyridine rings is 1. The summed E-state index contributed by atoms with van der Waals surface area (Å²) in [6, 6.07) is 10.8. The van der Waals surface area contributed by atoms with Crippen molar-refractivity contribution in [3.63, 3.8) is 0 Å². The molecule has 0 saturated heterocycles. The highest BCUT2D eigenvalue weighted by Gasteiger charge is 2.46. The Morgan fingerprint density at radius 3 is 2.44 bits per heavy atom. The third-order valence-corrected chi connectivity index (χ3v) is 6.12. The van der Waals surface area contributed by atoms with Crippen LogP contribution >= 0.6 is 0 Å². The second-order valence-electron chi connectivity index (χ2n) is 7.22. The Hall–Kier alpha value is -4.33. The van der Waals surface area contributed by atoms with Crippen LogP contribution in [0.1, 0.15) is 16.1 Å². The summed E-state index contributed by atoms with van der Waals surface area (Å²) in [6.07, 6.45) is 1.41. The van der Waals surface area contributed by atoms with Gasteiger partial charge >= 0.3 is 11.5 Å². The van der Waals surface area contributed by atoms with E-state index in [2.05, 4.69) is 26.5 Å². The lowest BCUT2D eigenvalue weighted by atomic mass is 10.2. The number of halogens is 3. The van der Waals surface area contributed by atoms with E-state index in [4.69, 9.17) is 4.74 Å². The minimum Gasteiger partial charge on any atom is -0.457 e. The summed E-state index contributed by atoms with van der Waals surface area (Å²) in [5, 5.41) is 4.71. The molecule has 0 aliphatic carbocycles. The molecule has 3 aromatic rings. The Morgan fingerprint density at radius 1 is 1.00 bits per heavy atom. The molecule has 10 nitrogen and oxygen atoms in total. The molecule has 1 heterocycles. The summed E-state index contributed by atoms with van der Waals surface area (Å²) in [7, 11) is -4.09. The van der Waals surface area contributed by atoms with Crippen molar-refractivity contribution >= 4 is 33.2 Å². The summed E-state index contributed by atoms with van der Waals surface area (Å²) in [6.45, 7) is 1.78. The SMILES string of the molecule is CNC(=O)c1cc(Oc2cc(NNC(=O)Nc3cccc(S(=O)(=O)C(F)(F)F)c3)ccc2C)ccn1. The molecule has 0 saturated carbocycles. The lowest BCUT2D eigenvalue weighted by Crippen LogP contribution is -2.33. The highest BCUT2D eigenvalue weighted by atomic mass is 32.2. The van der Waals surface area contributed by atoms with Gasteiger partial charge < -0.3 is 15.4 Å². The van der Waals surface area contributed by atoms with Crippen molar-refractivity contribution in [1.82, 2.24) is 15.7 Å². The van der Waals surface area contributed by atoms with Gasteiger partial charge in [0.1, 0.15) is 17.2 Å². The first kappa shape index (κ1) is 26.3. The lowest BCUT2D eigenvalue weighted by molar-refractivity contribution is -0.0436. The van der Waals surface area contributed by atoms with Crippen molar-refractivity contribution < 1.29 is 35.9 Å². The van der Waals surface area contributed by atoms with E-state index < -0.39 is 26.3 Å². The first-order valence-electron chi connectivity index (χ1n) is 10.1. The first-order chi connectivity index (χ1) is 16.9. The first-order valence-corrected chi connectivity index (χ1v) is 11.6. The third-order valence-electron chi connectivity index (χ3n) is 4.63. The standard InChI is InChI=1S/C22H20F3N5O5S/c1-13-6-7-15(11-19(13)35-16-8-9-27-18(12-16)20(31)26-2)29-30-21(32)28-14-4-3-5-17(10-14)36(33,34)22(23,24)25/h3-12,29H,1-2H3,(H,26,31)(H2,28,30,32). The number of benzene rings is 2. The number of hydrogen-bond acceptors (Lipinski definition) is 7. The van der Waals surface area contributed by atoms with E-state index in [-0.39, 0.29) is 17.3 Å². The van der Waals surface area contributed by atoms with Gasteiger partial charge in [0.15, 0.2) is 0 Å². The number of hydrogen-bond donors (Lipinski definition) is 4. The summed E-state index contributed by atoms with van der Waals surface area (Å²) in [4.78, 5) is 26.9. The number of nitrogens with zero attached hydrogens (tertiary/aromatic N) is 1. The quantitative estimate of drug-likeness (QED) is 0.344. The van der Waals surface area contributed by atoms with Gasteiger partial charge in [-0.05, 0) is 42.8 Å². The largest absolute Gasteiger partial charge is 0.501 e. The van der Waals surface area contributed by atoms with Gasteiger partial charge in [-0.25, -0.2) is 13.2 Å². The molecule has 0 aliphatic rings. The van der Waals surface area contributed by atoms with Crippen LogP contribution in [0.3, 0.4) is 0 Å². The second kappa shape index (κ2) is 10.5. The average Bonchev–Trinajstić information content (AvgIpc) is 2.83. The van der Waals surface area contributed by atoms with Crippen LogP contribution in [0.4, 0.5) is 29.3 Å². The molecule has 3 rings (SSSR count). The predicted octanol–water partition coefficient (Wildman–Crippen LogP) is 3.98. The maximum Gasteiger partial charge on any atom is 0.501 e. The summed E-state index contributed by atoms with van der Waals surface area (Å²) < 4.78 is 67.2.